The molecule has 3 nitrogen and oxygen atoms in total. The molecule has 1 heterocycles. The fourth-order valence-electron chi connectivity index (χ4n) is 0.917. The highest BCUT2D eigenvalue weighted by Gasteiger charge is 2.17. The van der Waals surface area contributed by atoms with Crippen LogP contribution in [-0.2, 0) is 11.4 Å². The summed E-state index contributed by atoms with van der Waals surface area (Å²) >= 11 is 5.66. The van der Waals surface area contributed by atoms with Crippen LogP contribution in [0.4, 0.5) is 0 Å². The zero-order chi connectivity index (χ0) is 8.48. The van der Waals surface area contributed by atoms with Gasteiger partial charge in [-0.3, -0.25) is 0 Å². The fourth-order valence-corrected chi connectivity index (χ4v) is 1.10. The molecular formula is C7H13Cl2N3. The van der Waals surface area contributed by atoms with Crippen LogP contribution in [0.15, 0.2) is 6.33 Å². The van der Waals surface area contributed by atoms with Crippen molar-refractivity contribution in [2.75, 3.05) is 0 Å². The molecule has 0 atom stereocenters. The van der Waals surface area contributed by atoms with Crippen molar-refractivity contribution in [3.8, 4) is 0 Å². The Balaban J connectivity index is 0.00000121. The van der Waals surface area contributed by atoms with E-state index >= 15 is 0 Å². The van der Waals surface area contributed by atoms with Gasteiger partial charge in [-0.15, -0.1) is 24.0 Å². The Kier molecular flexibility index (Phi) is 4.00. The summed E-state index contributed by atoms with van der Waals surface area (Å²) in [6.07, 6.45) is 1.53. The van der Waals surface area contributed by atoms with Gasteiger partial charge in [0.25, 0.3) is 0 Å². The molecule has 1 aromatic heterocycles. The summed E-state index contributed by atoms with van der Waals surface area (Å²) in [5, 5.41) is 4.08. The maximum absolute atomic E-state index is 5.66. The minimum atomic E-state index is -0.0271. The summed E-state index contributed by atoms with van der Waals surface area (Å²) in [7, 11) is 0. The van der Waals surface area contributed by atoms with Crippen molar-refractivity contribution in [3.63, 3.8) is 0 Å². The molecule has 0 radical (unpaired) electrons. The zero-order valence-electron chi connectivity index (χ0n) is 7.41. The van der Waals surface area contributed by atoms with Crippen LogP contribution in [0.1, 0.15) is 26.6 Å². The number of nitrogens with zero attached hydrogens (tertiary/aromatic N) is 3. The lowest BCUT2D eigenvalue weighted by Crippen LogP contribution is -2.25. The predicted octanol–water partition coefficient (Wildman–Crippen LogP) is 2.19. The lowest BCUT2D eigenvalue weighted by Gasteiger charge is -2.20. The maximum atomic E-state index is 5.66. The van der Waals surface area contributed by atoms with Gasteiger partial charge in [0.1, 0.15) is 12.2 Å². The molecule has 0 spiro atoms. The summed E-state index contributed by atoms with van der Waals surface area (Å²) in [6, 6.07) is 0. The van der Waals surface area contributed by atoms with Gasteiger partial charge in [0.2, 0.25) is 0 Å². The van der Waals surface area contributed by atoms with Crippen LogP contribution in [0.3, 0.4) is 0 Å². The summed E-state index contributed by atoms with van der Waals surface area (Å²) in [5.41, 5.74) is -0.0271. The Morgan fingerprint density at radius 1 is 1.50 bits per heavy atom. The van der Waals surface area contributed by atoms with E-state index in [2.05, 4.69) is 30.9 Å². The number of aromatic nitrogens is 3. The Hall–Kier alpha value is -0.280. The first kappa shape index (κ1) is 11.7. The zero-order valence-corrected chi connectivity index (χ0v) is 8.98. The second kappa shape index (κ2) is 4.10. The molecule has 0 N–H and O–H groups in total. The molecule has 0 aliphatic heterocycles. The van der Waals surface area contributed by atoms with Crippen molar-refractivity contribution in [1.82, 2.24) is 14.8 Å². The van der Waals surface area contributed by atoms with Gasteiger partial charge in [0.15, 0.2) is 0 Å². The maximum Gasteiger partial charge on any atom is 0.142 e. The third kappa shape index (κ3) is 2.35. The van der Waals surface area contributed by atoms with E-state index in [9.17, 15) is 0 Å². The van der Waals surface area contributed by atoms with E-state index in [0.717, 1.165) is 5.82 Å². The topological polar surface area (TPSA) is 30.7 Å². The number of hydrogen-bond acceptors (Lipinski definition) is 2. The Labute approximate surface area is 83.5 Å². The first-order valence-electron chi connectivity index (χ1n) is 3.51. The Morgan fingerprint density at radius 2 is 2.08 bits per heavy atom. The van der Waals surface area contributed by atoms with Gasteiger partial charge < -0.3 is 0 Å². The minimum absolute atomic E-state index is 0. The van der Waals surface area contributed by atoms with E-state index < -0.39 is 0 Å². The highest BCUT2D eigenvalue weighted by Crippen LogP contribution is 2.14. The number of alkyl halides is 1. The number of hydrogen-bond donors (Lipinski definition) is 0. The summed E-state index contributed by atoms with van der Waals surface area (Å²) in [4.78, 5) is 4.02. The van der Waals surface area contributed by atoms with Gasteiger partial charge in [-0.2, -0.15) is 5.10 Å². The lowest BCUT2D eigenvalue weighted by molar-refractivity contribution is 0.345. The SMILES string of the molecule is CC(C)(C)n1ncnc1CCl.Cl. The normalized spacial score (nSPS) is 11.0. The van der Waals surface area contributed by atoms with Gasteiger partial charge >= 0.3 is 0 Å². The van der Waals surface area contributed by atoms with Crippen molar-refractivity contribution < 1.29 is 0 Å². The molecule has 0 saturated heterocycles. The van der Waals surface area contributed by atoms with Gasteiger partial charge in [-0.25, -0.2) is 9.67 Å². The van der Waals surface area contributed by atoms with Crippen molar-refractivity contribution in [2.24, 2.45) is 0 Å². The number of rotatable bonds is 1. The van der Waals surface area contributed by atoms with Gasteiger partial charge in [0.05, 0.1) is 11.4 Å². The molecule has 0 bridgehead atoms. The summed E-state index contributed by atoms with van der Waals surface area (Å²) in [5.74, 6) is 1.23. The Morgan fingerprint density at radius 3 is 2.42 bits per heavy atom. The highest BCUT2D eigenvalue weighted by molar-refractivity contribution is 6.16. The monoisotopic (exact) mass is 209 g/mol. The first-order chi connectivity index (χ1) is 5.05. The van der Waals surface area contributed by atoms with E-state index in [1.807, 2.05) is 4.68 Å². The molecule has 0 aromatic carbocycles. The van der Waals surface area contributed by atoms with E-state index in [-0.39, 0.29) is 17.9 Å². The van der Waals surface area contributed by atoms with E-state index in [4.69, 9.17) is 11.6 Å². The molecule has 5 heteroatoms. The number of halogens is 2. The predicted molar refractivity (Wildman–Crippen MR) is 51.8 cm³/mol. The highest BCUT2D eigenvalue weighted by atomic mass is 35.5. The molecule has 1 rings (SSSR count). The standard InChI is InChI=1S/C7H12ClN3.ClH/c1-7(2,3)11-6(4-8)9-5-10-11;/h5H,4H2,1-3H3;1H. The average Bonchev–Trinajstić information content (AvgIpc) is 2.31. The lowest BCUT2D eigenvalue weighted by atomic mass is 10.1. The van der Waals surface area contributed by atoms with Crippen molar-refractivity contribution in [3.05, 3.63) is 12.2 Å². The van der Waals surface area contributed by atoms with Crippen LogP contribution < -0.4 is 0 Å². The fraction of sp³-hybridized carbons (Fsp3) is 0.714. The third-order valence-electron chi connectivity index (χ3n) is 1.37. The van der Waals surface area contributed by atoms with Crippen LogP contribution in [-0.4, -0.2) is 14.8 Å². The van der Waals surface area contributed by atoms with Gasteiger partial charge in [-0.1, -0.05) is 0 Å². The van der Waals surface area contributed by atoms with Crippen LogP contribution in [0.2, 0.25) is 0 Å². The van der Waals surface area contributed by atoms with Crippen LogP contribution in [0.5, 0.6) is 0 Å². The van der Waals surface area contributed by atoms with Crippen LogP contribution in [0, 0.1) is 0 Å². The third-order valence-corrected chi connectivity index (χ3v) is 1.61. The average molecular weight is 210 g/mol. The van der Waals surface area contributed by atoms with Crippen molar-refractivity contribution in [2.45, 2.75) is 32.2 Å². The summed E-state index contributed by atoms with van der Waals surface area (Å²) in [6.45, 7) is 6.20. The van der Waals surface area contributed by atoms with Crippen molar-refractivity contribution in [1.29, 1.82) is 0 Å². The molecule has 0 aliphatic carbocycles. The summed E-state index contributed by atoms with van der Waals surface area (Å²) < 4.78 is 1.83. The van der Waals surface area contributed by atoms with Crippen molar-refractivity contribution >= 4 is 24.0 Å². The molecule has 70 valence electrons. The molecule has 12 heavy (non-hydrogen) atoms. The van der Waals surface area contributed by atoms with E-state index in [1.54, 1.807) is 0 Å². The smallest absolute Gasteiger partial charge is 0.142 e. The molecule has 0 fully saturated rings. The van der Waals surface area contributed by atoms with Gasteiger partial charge in [-0.05, 0) is 20.8 Å². The van der Waals surface area contributed by atoms with E-state index in [0.29, 0.717) is 5.88 Å². The van der Waals surface area contributed by atoms with Crippen LogP contribution >= 0.6 is 24.0 Å². The molecular weight excluding hydrogens is 197 g/mol. The quantitative estimate of drug-likeness (QED) is 0.665. The van der Waals surface area contributed by atoms with Crippen LogP contribution in [0.25, 0.3) is 0 Å². The molecule has 0 aliphatic rings. The largest absolute Gasteiger partial charge is 0.244 e. The van der Waals surface area contributed by atoms with E-state index in [1.165, 1.54) is 6.33 Å². The van der Waals surface area contributed by atoms with Gasteiger partial charge in [0, 0.05) is 0 Å². The molecule has 0 amide bonds. The second-order valence-electron chi connectivity index (χ2n) is 3.39. The Bertz CT molecular complexity index is 239. The second-order valence-corrected chi connectivity index (χ2v) is 3.66. The molecule has 0 unspecified atom stereocenters. The first-order valence-corrected chi connectivity index (χ1v) is 4.04. The molecule has 1 aromatic rings. The molecule has 0 saturated carbocycles. The minimum Gasteiger partial charge on any atom is -0.244 e.